The minimum absolute atomic E-state index is 0.283. The van der Waals surface area contributed by atoms with Crippen molar-refractivity contribution in [1.82, 2.24) is 4.90 Å². The molecule has 31 heavy (non-hydrogen) atoms. The monoisotopic (exact) mass is 560 g/mol. The Morgan fingerprint density at radius 3 is 2.23 bits per heavy atom. The first kappa shape index (κ1) is 21.9. The summed E-state index contributed by atoms with van der Waals surface area (Å²) in [5, 5.41) is 3.79. The molecule has 0 unspecified atom stereocenters. The van der Waals surface area contributed by atoms with E-state index in [2.05, 4.69) is 27.9 Å². The summed E-state index contributed by atoms with van der Waals surface area (Å²) in [6.07, 6.45) is 0.605. The van der Waals surface area contributed by atoms with Crippen LogP contribution in [0.1, 0.15) is 5.56 Å². The SMILES string of the molecule is O=C1C(Nc2ccc(I)cc2)=C(Sc2ccc(Cl)cc2)C(=O)N1CCc1ccccc1. The molecule has 0 saturated heterocycles. The Kier molecular flexibility index (Phi) is 6.99. The van der Waals surface area contributed by atoms with E-state index >= 15 is 0 Å². The third-order valence-corrected chi connectivity index (χ3v) is 6.80. The molecule has 0 aliphatic carbocycles. The van der Waals surface area contributed by atoms with Crippen molar-refractivity contribution in [1.29, 1.82) is 0 Å². The number of imide groups is 1. The molecule has 4 nitrogen and oxygen atoms in total. The number of thioether (sulfide) groups is 1. The van der Waals surface area contributed by atoms with E-state index in [9.17, 15) is 9.59 Å². The van der Waals surface area contributed by atoms with Crippen molar-refractivity contribution in [2.24, 2.45) is 0 Å². The van der Waals surface area contributed by atoms with E-state index < -0.39 is 0 Å². The van der Waals surface area contributed by atoms with Gasteiger partial charge >= 0.3 is 0 Å². The maximum atomic E-state index is 13.2. The third kappa shape index (κ3) is 5.31. The number of rotatable bonds is 7. The first-order valence-electron chi connectivity index (χ1n) is 9.61. The summed E-state index contributed by atoms with van der Waals surface area (Å²) < 4.78 is 1.09. The van der Waals surface area contributed by atoms with Gasteiger partial charge < -0.3 is 5.32 Å². The fourth-order valence-corrected chi connectivity index (χ4v) is 4.58. The molecule has 0 atom stereocenters. The molecule has 7 heteroatoms. The zero-order valence-corrected chi connectivity index (χ0v) is 20.1. The fraction of sp³-hybridized carbons (Fsp3) is 0.0833. The van der Waals surface area contributed by atoms with Gasteiger partial charge in [0.15, 0.2) is 0 Å². The molecule has 0 saturated carbocycles. The number of nitrogens with one attached hydrogen (secondary N) is 1. The van der Waals surface area contributed by atoms with Gasteiger partial charge in [-0.05, 0) is 83.1 Å². The van der Waals surface area contributed by atoms with E-state index in [4.69, 9.17) is 11.6 Å². The largest absolute Gasteiger partial charge is 0.350 e. The first-order valence-corrected chi connectivity index (χ1v) is 11.9. The fourth-order valence-electron chi connectivity index (χ4n) is 3.15. The molecule has 0 spiro atoms. The Hall–Kier alpha value is -2.29. The van der Waals surface area contributed by atoms with Crippen molar-refractivity contribution in [2.45, 2.75) is 11.3 Å². The van der Waals surface area contributed by atoms with Crippen LogP contribution >= 0.6 is 46.0 Å². The average molecular weight is 561 g/mol. The van der Waals surface area contributed by atoms with Gasteiger partial charge in [-0.25, -0.2) is 0 Å². The number of amides is 2. The summed E-state index contributed by atoms with van der Waals surface area (Å²) in [4.78, 5) is 29.0. The number of nitrogens with zero attached hydrogens (tertiary/aromatic N) is 1. The minimum Gasteiger partial charge on any atom is -0.350 e. The predicted molar refractivity (Wildman–Crippen MR) is 134 cm³/mol. The lowest BCUT2D eigenvalue weighted by Crippen LogP contribution is -2.34. The van der Waals surface area contributed by atoms with Gasteiger partial charge in [-0.15, -0.1) is 0 Å². The minimum atomic E-state index is -0.309. The summed E-state index contributed by atoms with van der Waals surface area (Å²) in [7, 11) is 0. The number of carbonyl (C=O) groups is 2. The molecule has 1 heterocycles. The van der Waals surface area contributed by atoms with Crippen LogP contribution in [-0.4, -0.2) is 23.3 Å². The molecule has 3 aromatic rings. The molecular formula is C24H18ClIN2O2S. The van der Waals surface area contributed by atoms with Crippen LogP contribution < -0.4 is 5.32 Å². The maximum absolute atomic E-state index is 13.2. The molecule has 0 fully saturated rings. The molecule has 3 aromatic carbocycles. The van der Waals surface area contributed by atoms with E-state index in [1.807, 2.05) is 66.7 Å². The number of hydrogen-bond donors (Lipinski definition) is 1. The molecule has 156 valence electrons. The van der Waals surface area contributed by atoms with Crippen LogP contribution in [0.25, 0.3) is 0 Å². The lowest BCUT2D eigenvalue weighted by atomic mass is 10.1. The van der Waals surface area contributed by atoms with Crippen molar-refractivity contribution in [3.05, 3.63) is 104 Å². The van der Waals surface area contributed by atoms with Crippen molar-refractivity contribution in [3.63, 3.8) is 0 Å². The van der Waals surface area contributed by atoms with E-state index in [0.717, 1.165) is 19.7 Å². The zero-order chi connectivity index (χ0) is 21.8. The Labute approximate surface area is 203 Å². The highest BCUT2D eigenvalue weighted by atomic mass is 127. The van der Waals surface area contributed by atoms with Crippen LogP contribution in [0.5, 0.6) is 0 Å². The number of carbonyl (C=O) groups excluding carboxylic acids is 2. The highest BCUT2D eigenvalue weighted by Gasteiger charge is 2.38. The van der Waals surface area contributed by atoms with Crippen molar-refractivity contribution < 1.29 is 9.59 Å². The number of halogens is 2. The van der Waals surface area contributed by atoms with Crippen LogP contribution in [0.2, 0.25) is 5.02 Å². The van der Waals surface area contributed by atoms with Crippen LogP contribution in [0.3, 0.4) is 0 Å². The van der Waals surface area contributed by atoms with Crippen LogP contribution in [0.15, 0.2) is 94.4 Å². The van der Waals surface area contributed by atoms with Crippen LogP contribution in [-0.2, 0) is 16.0 Å². The highest BCUT2D eigenvalue weighted by Crippen LogP contribution is 2.36. The lowest BCUT2D eigenvalue weighted by molar-refractivity contribution is -0.137. The van der Waals surface area contributed by atoms with E-state index in [1.54, 1.807) is 12.1 Å². The van der Waals surface area contributed by atoms with Gasteiger partial charge in [0.1, 0.15) is 10.6 Å². The van der Waals surface area contributed by atoms with Crippen molar-refractivity contribution in [2.75, 3.05) is 11.9 Å². The predicted octanol–water partition coefficient (Wildman–Crippen LogP) is 5.97. The van der Waals surface area contributed by atoms with E-state index in [-0.39, 0.29) is 11.8 Å². The number of hydrogen-bond acceptors (Lipinski definition) is 4. The van der Waals surface area contributed by atoms with E-state index in [0.29, 0.717) is 28.6 Å². The van der Waals surface area contributed by atoms with Crippen LogP contribution in [0.4, 0.5) is 5.69 Å². The number of benzene rings is 3. The molecule has 0 radical (unpaired) electrons. The summed E-state index contributed by atoms with van der Waals surface area (Å²) in [6, 6.07) is 24.7. The van der Waals surface area contributed by atoms with Gasteiger partial charge in [0, 0.05) is 25.7 Å². The molecule has 4 rings (SSSR count). The molecule has 1 aliphatic heterocycles. The molecule has 0 aromatic heterocycles. The normalized spacial score (nSPS) is 13.8. The van der Waals surface area contributed by atoms with Crippen LogP contribution in [0, 0.1) is 3.57 Å². The van der Waals surface area contributed by atoms with Gasteiger partial charge in [0.05, 0.1) is 0 Å². The second-order valence-corrected chi connectivity index (χ2v) is 9.66. The molecule has 1 aliphatic rings. The van der Waals surface area contributed by atoms with Gasteiger partial charge in [0.25, 0.3) is 11.8 Å². The standard InChI is InChI=1S/C24H18ClIN2O2S/c25-17-6-12-20(13-7-17)31-22-21(27-19-10-8-18(26)9-11-19)23(29)28(24(22)30)15-14-16-4-2-1-3-5-16/h1-13,27H,14-15H2. The van der Waals surface area contributed by atoms with Crippen molar-refractivity contribution >= 4 is 63.5 Å². The lowest BCUT2D eigenvalue weighted by Gasteiger charge is -2.15. The van der Waals surface area contributed by atoms with Gasteiger partial charge in [-0.3, -0.25) is 14.5 Å². The summed E-state index contributed by atoms with van der Waals surface area (Å²) in [5.41, 5.74) is 2.14. The summed E-state index contributed by atoms with van der Waals surface area (Å²) in [5.74, 6) is -0.593. The second kappa shape index (κ2) is 9.89. The van der Waals surface area contributed by atoms with Gasteiger partial charge in [-0.1, -0.05) is 53.7 Å². The zero-order valence-electron chi connectivity index (χ0n) is 16.3. The maximum Gasteiger partial charge on any atom is 0.278 e. The van der Waals surface area contributed by atoms with Gasteiger partial charge in [0.2, 0.25) is 0 Å². The Bertz CT molecular complexity index is 1060. The topological polar surface area (TPSA) is 49.4 Å². The smallest absolute Gasteiger partial charge is 0.278 e. The molecule has 1 N–H and O–H groups in total. The summed E-state index contributed by atoms with van der Waals surface area (Å²) in [6.45, 7) is 0.324. The first-order chi connectivity index (χ1) is 15.0. The Morgan fingerprint density at radius 1 is 0.871 bits per heavy atom. The second-order valence-electron chi connectivity index (χ2n) is 6.89. The molecule has 2 amide bonds. The van der Waals surface area contributed by atoms with E-state index in [1.165, 1.54) is 16.7 Å². The molecular weight excluding hydrogens is 543 g/mol. The third-order valence-electron chi connectivity index (χ3n) is 4.74. The quantitative estimate of drug-likeness (QED) is 0.286. The van der Waals surface area contributed by atoms with Gasteiger partial charge in [-0.2, -0.15) is 0 Å². The Morgan fingerprint density at radius 2 is 1.55 bits per heavy atom. The van der Waals surface area contributed by atoms with Crippen molar-refractivity contribution in [3.8, 4) is 0 Å². The Balaban J connectivity index is 1.61. The highest BCUT2D eigenvalue weighted by molar-refractivity contribution is 14.1. The molecule has 0 bridgehead atoms. The number of anilines is 1. The summed E-state index contributed by atoms with van der Waals surface area (Å²) >= 11 is 9.49. The average Bonchev–Trinajstić information content (AvgIpc) is 3.00.